The second-order valence-electron chi connectivity index (χ2n) is 11.8. The fraction of sp³-hybridized carbons (Fsp3) is 0.846. The molecular formula is C26H40O3. The first-order chi connectivity index (χ1) is 13.4. The van der Waals surface area contributed by atoms with Gasteiger partial charge in [-0.15, -0.1) is 0 Å². The van der Waals surface area contributed by atoms with Crippen LogP contribution in [0.15, 0.2) is 11.6 Å². The molecule has 3 heteroatoms. The van der Waals surface area contributed by atoms with Crippen molar-refractivity contribution >= 4 is 11.6 Å². The Morgan fingerprint density at radius 1 is 1.14 bits per heavy atom. The fourth-order valence-corrected chi connectivity index (χ4v) is 8.92. The summed E-state index contributed by atoms with van der Waals surface area (Å²) in [6.45, 7) is 15.6. The largest absolute Gasteiger partial charge is 0.392 e. The minimum atomic E-state index is -0.447. The summed E-state index contributed by atoms with van der Waals surface area (Å²) in [6, 6.07) is 0. The zero-order valence-electron chi connectivity index (χ0n) is 19.5. The molecule has 0 radical (unpaired) electrons. The standard InChI is InChI=1S/C26H40O3/c1-8-21(28)25(6)16(3)12-19-20-11-15(2)18-13-17(27)9-10-23(18,4)26(20,7)22(29)14-24(19,25)5/h13,15-16,19-20,22,29H,8-12,14H2,1-7H3/t15-,16?,19?,20?,22-,23-,24-,25+,26+/m0/s1. The van der Waals surface area contributed by atoms with Crippen LogP contribution in [0.3, 0.4) is 0 Å². The lowest BCUT2D eigenvalue weighted by molar-refractivity contribution is -0.206. The van der Waals surface area contributed by atoms with Gasteiger partial charge in [-0.05, 0) is 66.3 Å². The summed E-state index contributed by atoms with van der Waals surface area (Å²) in [6.07, 6.45) is 6.27. The average molecular weight is 401 g/mol. The van der Waals surface area contributed by atoms with Crippen LogP contribution in [0.1, 0.15) is 87.0 Å². The molecule has 3 nitrogen and oxygen atoms in total. The Kier molecular flexibility index (Phi) is 4.61. The van der Waals surface area contributed by atoms with E-state index >= 15 is 0 Å². The van der Waals surface area contributed by atoms with Gasteiger partial charge < -0.3 is 5.11 Å². The highest BCUT2D eigenvalue weighted by Crippen LogP contribution is 2.75. The number of ketones is 2. The second-order valence-corrected chi connectivity index (χ2v) is 11.8. The summed E-state index contributed by atoms with van der Waals surface area (Å²) >= 11 is 0. The van der Waals surface area contributed by atoms with Crippen LogP contribution in [0.5, 0.6) is 0 Å². The average Bonchev–Trinajstić information content (AvgIpc) is 2.86. The van der Waals surface area contributed by atoms with Gasteiger partial charge in [0.05, 0.1) is 6.10 Å². The highest BCUT2D eigenvalue weighted by Gasteiger charge is 2.72. The van der Waals surface area contributed by atoms with Crippen LogP contribution >= 0.6 is 0 Å². The summed E-state index contributed by atoms with van der Waals surface area (Å²) in [5.41, 5.74) is 0.369. The number of allylic oxidation sites excluding steroid dienone is 1. The molecule has 29 heavy (non-hydrogen) atoms. The predicted octanol–water partition coefficient (Wildman–Crippen LogP) is 5.36. The molecule has 0 aromatic heterocycles. The Morgan fingerprint density at radius 2 is 1.79 bits per heavy atom. The number of rotatable bonds is 2. The van der Waals surface area contributed by atoms with E-state index in [2.05, 4.69) is 41.5 Å². The van der Waals surface area contributed by atoms with E-state index < -0.39 is 6.10 Å². The Morgan fingerprint density at radius 3 is 2.41 bits per heavy atom. The van der Waals surface area contributed by atoms with Crippen LogP contribution in [0.25, 0.3) is 0 Å². The lowest BCUT2D eigenvalue weighted by Crippen LogP contribution is -2.65. The third-order valence-corrected chi connectivity index (χ3v) is 11.2. The molecule has 0 amide bonds. The third-order valence-electron chi connectivity index (χ3n) is 11.2. The van der Waals surface area contributed by atoms with E-state index in [4.69, 9.17) is 0 Å². The van der Waals surface area contributed by atoms with Crippen LogP contribution in [0, 0.1) is 45.3 Å². The molecule has 0 heterocycles. The van der Waals surface area contributed by atoms with Gasteiger partial charge in [-0.2, -0.15) is 0 Å². The van der Waals surface area contributed by atoms with Crippen LogP contribution in [-0.4, -0.2) is 22.8 Å². The first kappa shape index (κ1) is 21.3. The minimum Gasteiger partial charge on any atom is -0.392 e. The molecule has 0 aromatic carbocycles. The van der Waals surface area contributed by atoms with E-state index in [0.717, 1.165) is 19.3 Å². The van der Waals surface area contributed by atoms with E-state index in [1.807, 2.05) is 13.0 Å². The highest BCUT2D eigenvalue weighted by atomic mass is 16.3. The molecule has 3 fully saturated rings. The van der Waals surface area contributed by atoms with Crippen LogP contribution in [0.4, 0.5) is 0 Å². The maximum Gasteiger partial charge on any atom is 0.155 e. The second kappa shape index (κ2) is 6.28. The zero-order chi connectivity index (χ0) is 21.6. The number of carbonyl (C=O) groups is 2. The molecule has 1 N–H and O–H groups in total. The normalized spacial score (nSPS) is 54.3. The molecule has 4 aliphatic carbocycles. The van der Waals surface area contributed by atoms with E-state index in [1.165, 1.54) is 5.57 Å². The van der Waals surface area contributed by atoms with E-state index in [-0.39, 0.29) is 27.4 Å². The monoisotopic (exact) mass is 400 g/mol. The molecule has 0 saturated heterocycles. The van der Waals surface area contributed by atoms with Crippen molar-refractivity contribution < 1.29 is 14.7 Å². The lowest BCUT2D eigenvalue weighted by Gasteiger charge is -2.68. The maximum absolute atomic E-state index is 13.2. The third kappa shape index (κ3) is 2.29. The van der Waals surface area contributed by atoms with Crippen LogP contribution < -0.4 is 0 Å². The molecule has 0 aliphatic heterocycles. The molecule has 4 aliphatic rings. The van der Waals surface area contributed by atoms with Crippen molar-refractivity contribution in [1.82, 2.24) is 0 Å². The van der Waals surface area contributed by atoms with Crippen molar-refractivity contribution in [1.29, 1.82) is 0 Å². The smallest absolute Gasteiger partial charge is 0.155 e. The molecule has 4 rings (SSSR count). The molecule has 9 atom stereocenters. The number of Topliss-reactive ketones (excluding diaryl/α,β-unsaturated/α-hetero) is 1. The van der Waals surface area contributed by atoms with Gasteiger partial charge in [0.25, 0.3) is 0 Å². The number of carbonyl (C=O) groups excluding carboxylic acids is 2. The van der Waals surface area contributed by atoms with Crippen molar-refractivity contribution in [3.05, 3.63) is 11.6 Å². The fourth-order valence-electron chi connectivity index (χ4n) is 8.92. The van der Waals surface area contributed by atoms with Gasteiger partial charge in [-0.1, -0.05) is 54.0 Å². The van der Waals surface area contributed by atoms with Gasteiger partial charge in [0, 0.05) is 23.7 Å². The summed E-state index contributed by atoms with van der Waals surface area (Å²) < 4.78 is 0. The maximum atomic E-state index is 13.2. The number of fused-ring (bicyclic) bond motifs is 5. The van der Waals surface area contributed by atoms with Gasteiger partial charge in [0.2, 0.25) is 0 Å². The number of hydrogen-bond acceptors (Lipinski definition) is 3. The molecule has 3 unspecified atom stereocenters. The van der Waals surface area contributed by atoms with Crippen LogP contribution in [-0.2, 0) is 9.59 Å². The first-order valence-corrected chi connectivity index (χ1v) is 11.8. The van der Waals surface area contributed by atoms with Gasteiger partial charge >= 0.3 is 0 Å². The molecule has 0 spiro atoms. The Balaban J connectivity index is 1.86. The quantitative estimate of drug-likeness (QED) is 0.679. The SMILES string of the molecule is CCC(=O)[C@@]1(C)C(C)CC2C3C[C@H](C)C4=CC(=O)CC[C@]4(C)[C@@]3(C)[C@@H](O)C[C@@]21C. The van der Waals surface area contributed by atoms with Crippen molar-refractivity contribution in [2.24, 2.45) is 45.3 Å². The van der Waals surface area contributed by atoms with Crippen molar-refractivity contribution in [2.45, 2.75) is 93.1 Å². The highest BCUT2D eigenvalue weighted by molar-refractivity contribution is 5.92. The molecule has 162 valence electrons. The summed E-state index contributed by atoms with van der Waals surface area (Å²) in [4.78, 5) is 25.5. The Bertz CT molecular complexity index is 783. The summed E-state index contributed by atoms with van der Waals surface area (Å²) in [7, 11) is 0. The minimum absolute atomic E-state index is 0.138. The van der Waals surface area contributed by atoms with Gasteiger partial charge in [-0.3, -0.25) is 9.59 Å². The predicted molar refractivity (Wildman–Crippen MR) is 115 cm³/mol. The van der Waals surface area contributed by atoms with E-state index in [0.29, 0.717) is 48.7 Å². The van der Waals surface area contributed by atoms with E-state index in [1.54, 1.807) is 0 Å². The number of hydrogen-bond donors (Lipinski definition) is 1. The molecule has 0 aromatic rings. The summed E-state index contributed by atoms with van der Waals surface area (Å²) in [5, 5.41) is 11.8. The first-order valence-electron chi connectivity index (χ1n) is 11.8. The van der Waals surface area contributed by atoms with E-state index in [9.17, 15) is 14.7 Å². The molecule has 0 bridgehead atoms. The van der Waals surface area contributed by atoms with Crippen molar-refractivity contribution in [2.75, 3.05) is 0 Å². The van der Waals surface area contributed by atoms with Crippen molar-refractivity contribution in [3.8, 4) is 0 Å². The lowest BCUT2D eigenvalue weighted by atomic mass is 9.37. The van der Waals surface area contributed by atoms with Gasteiger partial charge in [0.1, 0.15) is 5.78 Å². The summed E-state index contributed by atoms with van der Waals surface area (Å²) in [5.74, 6) is 2.15. The number of aliphatic hydroxyl groups excluding tert-OH is 1. The topological polar surface area (TPSA) is 54.4 Å². The van der Waals surface area contributed by atoms with Gasteiger partial charge in [0.15, 0.2) is 5.78 Å². The zero-order valence-corrected chi connectivity index (χ0v) is 19.5. The van der Waals surface area contributed by atoms with Crippen molar-refractivity contribution in [3.63, 3.8) is 0 Å². The molecular weight excluding hydrogens is 360 g/mol. The molecule has 3 saturated carbocycles. The van der Waals surface area contributed by atoms with Crippen LogP contribution in [0.2, 0.25) is 0 Å². The van der Waals surface area contributed by atoms with Gasteiger partial charge in [-0.25, -0.2) is 0 Å². The Labute approximate surface area is 176 Å². The number of aliphatic hydroxyl groups is 1. The Hall–Kier alpha value is -0.960.